The summed E-state index contributed by atoms with van der Waals surface area (Å²) in [7, 11) is 0. The number of carbonyl (C=O) groups is 1. The Balaban J connectivity index is 1.76. The number of imidazole rings is 1. The quantitative estimate of drug-likeness (QED) is 0.796. The van der Waals surface area contributed by atoms with E-state index in [1.165, 1.54) is 11.3 Å². The van der Waals surface area contributed by atoms with Crippen LogP contribution in [0.2, 0.25) is 0 Å². The largest absolute Gasteiger partial charge is 0.375 e. The van der Waals surface area contributed by atoms with Gasteiger partial charge in [0.1, 0.15) is 11.5 Å². The predicted molar refractivity (Wildman–Crippen MR) is 79.8 cm³/mol. The number of nitrogen functional groups attached to an aromatic ring is 1. The highest BCUT2D eigenvalue weighted by Crippen LogP contribution is 2.12. The van der Waals surface area contributed by atoms with Crippen LogP contribution in [0.5, 0.6) is 0 Å². The molecule has 0 bridgehead atoms. The molecule has 2 heterocycles. The molecule has 0 aliphatic carbocycles. The highest BCUT2D eigenvalue weighted by Gasteiger charge is 2.09. The van der Waals surface area contributed by atoms with Gasteiger partial charge in [0.05, 0.1) is 0 Å². The first-order valence-electron chi connectivity index (χ1n) is 6.58. The zero-order chi connectivity index (χ0) is 14.5. The SMILES string of the molecule is CC(C)c1nccn1CCCNC(=O)c1csc(N)n1. The Morgan fingerprint density at radius 3 is 3.00 bits per heavy atom. The fourth-order valence-corrected chi connectivity index (χ4v) is 2.49. The van der Waals surface area contributed by atoms with Crippen molar-refractivity contribution in [2.24, 2.45) is 0 Å². The maximum absolute atomic E-state index is 11.8. The van der Waals surface area contributed by atoms with Gasteiger partial charge in [-0.05, 0) is 6.42 Å². The summed E-state index contributed by atoms with van der Waals surface area (Å²) in [6, 6.07) is 0. The molecule has 7 heteroatoms. The number of carbonyl (C=O) groups excluding carboxylic acids is 1. The molecule has 0 aliphatic heterocycles. The van der Waals surface area contributed by atoms with Crippen LogP contribution in [-0.2, 0) is 6.54 Å². The predicted octanol–water partition coefficient (Wildman–Crippen LogP) is 1.87. The van der Waals surface area contributed by atoms with Crippen molar-refractivity contribution in [3.8, 4) is 0 Å². The van der Waals surface area contributed by atoms with Gasteiger partial charge in [-0.3, -0.25) is 4.79 Å². The summed E-state index contributed by atoms with van der Waals surface area (Å²) < 4.78 is 2.12. The molecule has 0 saturated carbocycles. The number of thiazole rings is 1. The molecule has 0 unspecified atom stereocenters. The summed E-state index contributed by atoms with van der Waals surface area (Å²) in [6.07, 6.45) is 4.63. The molecular formula is C13H19N5OS. The van der Waals surface area contributed by atoms with E-state index < -0.39 is 0 Å². The highest BCUT2D eigenvalue weighted by atomic mass is 32.1. The second kappa shape index (κ2) is 6.51. The average Bonchev–Trinajstić information content (AvgIpc) is 3.03. The van der Waals surface area contributed by atoms with Crippen LogP contribution in [0, 0.1) is 0 Å². The first kappa shape index (κ1) is 14.5. The number of anilines is 1. The van der Waals surface area contributed by atoms with Crippen LogP contribution in [0.1, 0.15) is 42.5 Å². The van der Waals surface area contributed by atoms with Crippen LogP contribution in [0.25, 0.3) is 0 Å². The van der Waals surface area contributed by atoms with Crippen LogP contribution in [0.4, 0.5) is 5.13 Å². The molecule has 0 saturated heterocycles. The van der Waals surface area contributed by atoms with Crippen molar-refractivity contribution in [2.45, 2.75) is 32.7 Å². The van der Waals surface area contributed by atoms with Crippen molar-refractivity contribution in [1.29, 1.82) is 0 Å². The van der Waals surface area contributed by atoms with E-state index in [1.54, 1.807) is 5.38 Å². The Morgan fingerprint density at radius 2 is 2.35 bits per heavy atom. The summed E-state index contributed by atoms with van der Waals surface area (Å²) in [5, 5.41) is 4.92. The maximum atomic E-state index is 11.8. The van der Waals surface area contributed by atoms with Crippen LogP contribution in [0.15, 0.2) is 17.8 Å². The van der Waals surface area contributed by atoms with Gasteiger partial charge in [-0.15, -0.1) is 11.3 Å². The number of hydrogen-bond acceptors (Lipinski definition) is 5. The smallest absolute Gasteiger partial charge is 0.270 e. The molecule has 3 N–H and O–H groups in total. The van der Waals surface area contributed by atoms with Crippen LogP contribution >= 0.6 is 11.3 Å². The van der Waals surface area contributed by atoms with Gasteiger partial charge in [-0.2, -0.15) is 0 Å². The van der Waals surface area contributed by atoms with Crippen molar-refractivity contribution < 1.29 is 4.79 Å². The minimum Gasteiger partial charge on any atom is -0.375 e. The monoisotopic (exact) mass is 293 g/mol. The summed E-state index contributed by atoms with van der Waals surface area (Å²) in [4.78, 5) is 20.0. The molecule has 0 radical (unpaired) electrons. The number of hydrogen-bond donors (Lipinski definition) is 2. The van der Waals surface area contributed by atoms with Crippen molar-refractivity contribution in [2.75, 3.05) is 12.3 Å². The fourth-order valence-electron chi connectivity index (χ4n) is 1.94. The number of nitrogens with zero attached hydrogens (tertiary/aromatic N) is 3. The molecule has 0 aliphatic rings. The Morgan fingerprint density at radius 1 is 1.55 bits per heavy atom. The zero-order valence-electron chi connectivity index (χ0n) is 11.7. The normalized spacial score (nSPS) is 10.9. The number of aryl methyl sites for hydroxylation is 1. The van der Waals surface area contributed by atoms with Gasteiger partial charge in [-0.25, -0.2) is 9.97 Å². The second-order valence-corrected chi connectivity index (χ2v) is 5.70. The van der Waals surface area contributed by atoms with E-state index in [-0.39, 0.29) is 5.91 Å². The summed E-state index contributed by atoms with van der Waals surface area (Å²) in [5.41, 5.74) is 5.88. The van der Waals surface area contributed by atoms with E-state index in [2.05, 4.69) is 33.7 Å². The number of nitrogens with two attached hydrogens (primary N) is 1. The van der Waals surface area contributed by atoms with E-state index in [0.717, 1.165) is 18.8 Å². The third-order valence-electron chi connectivity index (χ3n) is 2.88. The van der Waals surface area contributed by atoms with Crippen LogP contribution in [0.3, 0.4) is 0 Å². The van der Waals surface area contributed by atoms with Gasteiger partial charge in [-0.1, -0.05) is 13.8 Å². The van der Waals surface area contributed by atoms with Gasteiger partial charge in [0, 0.05) is 36.8 Å². The molecule has 2 rings (SSSR count). The first-order valence-corrected chi connectivity index (χ1v) is 7.46. The molecule has 108 valence electrons. The van der Waals surface area contributed by atoms with Gasteiger partial charge in [0.15, 0.2) is 5.13 Å². The average molecular weight is 293 g/mol. The van der Waals surface area contributed by atoms with E-state index in [1.807, 2.05) is 12.4 Å². The van der Waals surface area contributed by atoms with Crippen molar-refractivity contribution in [3.05, 3.63) is 29.3 Å². The van der Waals surface area contributed by atoms with Gasteiger partial charge in [0.25, 0.3) is 5.91 Å². The molecule has 0 atom stereocenters. The number of rotatable bonds is 6. The van der Waals surface area contributed by atoms with Crippen LogP contribution in [-0.4, -0.2) is 27.0 Å². The van der Waals surface area contributed by atoms with Crippen molar-refractivity contribution in [1.82, 2.24) is 19.9 Å². The minimum atomic E-state index is -0.173. The molecule has 20 heavy (non-hydrogen) atoms. The Bertz CT molecular complexity index is 575. The van der Waals surface area contributed by atoms with Crippen LogP contribution < -0.4 is 11.1 Å². The number of amides is 1. The maximum Gasteiger partial charge on any atom is 0.270 e. The van der Waals surface area contributed by atoms with Gasteiger partial charge in [0.2, 0.25) is 0 Å². The zero-order valence-corrected chi connectivity index (χ0v) is 12.5. The lowest BCUT2D eigenvalue weighted by atomic mass is 10.2. The topological polar surface area (TPSA) is 85.8 Å². The number of nitrogens with one attached hydrogen (secondary N) is 1. The lowest BCUT2D eigenvalue weighted by Crippen LogP contribution is -2.25. The van der Waals surface area contributed by atoms with E-state index in [0.29, 0.717) is 23.3 Å². The van der Waals surface area contributed by atoms with Crippen molar-refractivity contribution >= 4 is 22.4 Å². The molecule has 2 aromatic heterocycles. The summed E-state index contributed by atoms with van der Waals surface area (Å²) >= 11 is 1.27. The molecule has 2 aromatic rings. The third-order valence-corrected chi connectivity index (χ3v) is 3.55. The Labute approximate surface area is 122 Å². The van der Waals surface area contributed by atoms with Gasteiger partial charge >= 0.3 is 0 Å². The fraction of sp³-hybridized carbons (Fsp3) is 0.462. The number of aromatic nitrogens is 3. The van der Waals surface area contributed by atoms with E-state index >= 15 is 0 Å². The minimum absolute atomic E-state index is 0.173. The molecule has 0 fully saturated rings. The lowest BCUT2D eigenvalue weighted by Gasteiger charge is -2.10. The van der Waals surface area contributed by atoms with Gasteiger partial charge < -0.3 is 15.6 Å². The molecule has 0 spiro atoms. The van der Waals surface area contributed by atoms with E-state index in [4.69, 9.17) is 5.73 Å². The Kier molecular flexibility index (Phi) is 4.73. The Hall–Kier alpha value is -1.89. The molecule has 6 nitrogen and oxygen atoms in total. The highest BCUT2D eigenvalue weighted by molar-refractivity contribution is 7.13. The molecule has 1 amide bonds. The third kappa shape index (κ3) is 3.57. The summed E-state index contributed by atoms with van der Waals surface area (Å²) in [5.74, 6) is 1.30. The van der Waals surface area contributed by atoms with Crippen molar-refractivity contribution in [3.63, 3.8) is 0 Å². The molecular weight excluding hydrogens is 274 g/mol. The second-order valence-electron chi connectivity index (χ2n) is 4.81. The standard InChI is InChI=1S/C13H19N5OS/c1-9(2)11-15-5-7-18(11)6-3-4-16-12(19)10-8-20-13(14)17-10/h5,7-9H,3-4,6H2,1-2H3,(H2,14,17)(H,16,19). The summed E-state index contributed by atoms with van der Waals surface area (Å²) in [6.45, 7) is 5.68. The first-order chi connectivity index (χ1) is 9.58. The lowest BCUT2D eigenvalue weighted by molar-refractivity contribution is 0.0948. The van der Waals surface area contributed by atoms with E-state index in [9.17, 15) is 4.79 Å². The molecule has 0 aromatic carbocycles.